The van der Waals surface area contributed by atoms with Gasteiger partial charge in [0, 0.05) is 6.15 Å². The maximum Gasteiger partial charge on any atom is 0.309 e. The van der Waals surface area contributed by atoms with E-state index in [4.69, 9.17) is 20.1 Å². The molecule has 0 heterocycles. The zero-order chi connectivity index (χ0) is 7.15. The number of primary amides is 2. The molecule has 0 aromatic rings. The number of rotatable bonds is 0. The highest BCUT2D eigenvalue weighted by molar-refractivity contribution is 5.69. The third kappa shape index (κ3) is 71.6. The number of hydrogen-bond acceptors (Lipinski definition) is 4. The van der Waals surface area contributed by atoms with Gasteiger partial charge in [-0.1, -0.05) is 0 Å². The van der Waals surface area contributed by atoms with Crippen molar-refractivity contribution in [2.75, 3.05) is 0 Å². The number of urea groups is 1. The second-order valence-electron chi connectivity index (χ2n) is 0.640. The molecule has 0 fully saturated rings. The molecule has 8 N–H and O–H groups in total. The highest BCUT2D eigenvalue weighted by Crippen LogP contribution is 1.38. The van der Waals surface area contributed by atoms with Gasteiger partial charge < -0.3 is 22.8 Å². The topological polar surface area (TPSA) is 198 Å². The maximum atomic E-state index is 9.00. The largest absolute Gasteiger partial charge is 0.352 e. The minimum absolute atomic E-state index is 0. The van der Waals surface area contributed by atoms with E-state index in [0.717, 1.165) is 0 Å². The summed E-state index contributed by atoms with van der Waals surface area (Å²) in [5, 5.41) is 13.6. The summed E-state index contributed by atoms with van der Waals surface area (Å²) >= 11 is 0. The van der Waals surface area contributed by atoms with Crippen molar-refractivity contribution in [1.82, 2.24) is 12.3 Å². The fourth-order valence-electron chi connectivity index (χ4n) is 0. The number of carbonyl (C=O) groups is 1. The molecule has 0 rings (SSSR count). The van der Waals surface area contributed by atoms with Crippen LogP contribution in [0.15, 0.2) is 0 Å². The van der Waals surface area contributed by atoms with Crippen molar-refractivity contribution in [2.24, 2.45) is 11.5 Å². The Morgan fingerprint density at radius 3 is 1.50 bits per heavy atom. The number of hydrogen-bond donors (Lipinski definition) is 4. The quantitative estimate of drug-likeness (QED) is 0.239. The molecule has 0 saturated carbocycles. The van der Waals surface area contributed by atoms with Crippen LogP contribution >= 0.6 is 0 Å². The third-order valence-electron chi connectivity index (χ3n) is 0. The number of nitrogens with two attached hydrogens (primary N) is 2. The summed E-state index contributed by atoms with van der Waals surface area (Å²) in [7, 11) is 0. The summed E-state index contributed by atoms with van der Waals surface area (Å²) in [5.41, 5.74) is 8.50. The van der Waals surface area contributed by atoms with Gasteiger partial charge in [-0.05, 0) is 0 Å². The molecule has 0 spiro atoms. The lowest BCUT2D eigenvalue weighted by Crippen LogP contribution is -2.18. The fourth-order valence-corrected chi connectivity index (χ4v) is 0. The van der Waals surface area contributed by atoms with E-state index in [0.29, 0.717) is 0 Å². The second-order valence-corrected chi connectivity index (χ2v) is 0.640. The number of nitrogens with zero attached hydrogens (tertiary/aromatic N) is 2. The van der Waals surface area contributed by atoms with Gasteiger partial charge in [0.05, 0.1) is 0 Å². The zero-order valence-electron chi connectivity index (χ0n) is 4.93. The molecule has 0 saturated heterocycles. The van der Waals surface area contributed by atoms with Crippen LogP contribution in [0.25, 0.3) is 0 Å². The first-order chi connectivity index (χ1) is 3.46. The molecule has 0 bridgehead atoms. The van der Waals surface area contributed by atoms with E-state index in [9.17, 15) is 0 Å². The van der Waals surface area contributed by atoms with E-state index < -0.39 is 11.1 Å². The van der Waals surface area contributed by atoms with E-state index in [1.807, 2.05) is 0 Å². The van der Waals surface area contributed by atoms with Crippen molar-refractivity contribution in [3.8, 4) is 0 Å². The molecule has 9 heteroatoms. The second kappa shape index (κ2) is 15.7. The van der Waals surface area contributed by atoms with Crippen molar-refractivity contribution in [3.05, 3.63) is 10.1 Å². The molecule has 3 radical (unpaired) electrons. The van der Waals surface area contributed by atoms with Crippen LogP contribution in [0.2, 0.25) is 0 Å². The van der Waals surface area contributed by atoms with Crippen LogP contribution in [0.4, 0.5) is 4.79 Å². The van der Waals surface area contributed by atoms with Crippen LogP contribution in [0.3, 0.4) is 0 Å². The van der Waals surface area contributed by atoms with Gasteiger partial charge in [-0.3, -0.25) is 0 Å². The van der Waals surface area contributed by atoms with Gasteiger partial charge in [-0.2, -0.15) is 0 Å². The van der Waals surface area contributed by atoms with Crippen LogP contribution in [-0.4, -0.2) is 16.3 Å². The van der Waals surface area contributed by atoms with E-state index in [1.54, 1.807) is 0 Å². The molecule has 0 aromatic heterocycles. The van der Waals surface area contributed by atoms with Gasteiger partial charge in [0.1, 0.15) is 0 Å². The van der Waals surface area contributed by atoms with Gasteiger partial charge in [0.2, 0.25) is 0 Å². The van der Waals surface area contributed by atoms with Gasteiger partial charge in [-0.25, -0.2) is 4.79 Å². The number of amides is 2. The first-order valence-electron chi connectivity index (χ1n) is 1.35. The average molecular weight is 154 g/mol. The predicted molar refractivity (Wildman–Crippen MR) is 29.7 cm³/mol. The Kier molecular flexibility index (Phi) is 37.2. The van der Waals surface area contributed by atoms with Gasteiger partial charge in [0.15, 0.2) is 0 Å². The molecule has 2 amide bonds. The molecule has 0 aliphatic heterocycles. The summed E-state index contributed by atoms with van der Waals surface area (Å²) in [6.45, 7) is 0. The van der Waals surface area contributed by atoms with E-state index >= 15 is 0 Å². The Bertz CT molecular complexity index is 71.6. The summed E-state index contributed by atoms with van der Waals surface area (Å²) < 4.78 is 0. The molecule has 10 heavy (non-hydrogen) atoms. The van der Waals surface area contributed by atoms with E-state index in [1.165, 1.54) is 0 Å². The van der Waals surface area contributed by atoms with Gasteiger partial charge >= 0.3 is 6.03 Å². The highest BCUT2D eigenvalue weighted by Gasteiger charge is 1.65. The fraction of sp³-hybridized carbons (Fsp3) is 0. The average Bonchev–Trinajstić information content (AvgIpc) is 1.25. The maximum absolute atomic E-state index is 9.00. The van der Waals surface area contributed by atoms with Crippen molar-refractivity contribution >= 4 is 6.03 Å². The first-order valence-corrected chi connectivity index (χ1v) is 1.35. The standard InChI is InChI=1S/CH4N2O.HNO3.H3N.N/c2*2-1(3)4;;/h(H4,2,3,4);(H,2,3,4);1H3;. The molecule has 0 aliphatic rings. The lowest BCUT2D eigenvalue weighted by atomic mass is 11.2. The minimum atomic E-state index is -1.50. The molecular weight excluding hydrogens is 146 g/mol. The molecule has 0 aromatic carbocycles. The van der Waals surface area contributed by atoms with Crippen LogP contribution in [0.1, 0.15) is 0 Å². The Morgan fingerprint density at radius 1 is 1.50 bits per heavy atom. The molecule has 0 unspecified atom stereocenters. The Balaban J connectivity index is -0.0000000300. The van der Waals surface area contributed by atoms with Crippen molar-refractivity contribution in [1.29, 1.82) is 0 Å². The smallest absolute Gasteiger partial charge is 0.309 e. The van der Waals surface area contributed by atoms with Crippen molar-refractivity contribution in [2.45, 2.75) is 0 Å². The van der Waals surface area contributed by atoms with E-state index in [-0.39, 0.29) is 12.3 Å². The Morgan fingerprint density at radius 2 is 1.50 bits per heavy atom. The Hall–Kier alpha value is -1.61. The van der Waals surface area contributed by atoms with Crippen molar-refractivity contribution in [3.63, 3.8) is 0 Å². The number of carbonyl (C=O) groups excluding carboxylic acids is 1. The molecule has 9 nitrogen and oxygen atoms in total. The molecular formula is CH8N5O4. The van der Waals surface area contributed by atoms with E-state index in [2.05, 4.69) is 11.5 Å². The SMILES string of the molecule is N.NC(N)=O.O=[N+]([O-])O.[N]. The lowest BCUT2D eigenvalue weighted by molar-refractivity contribution is -0.742. The molecule has 0 aliphatic carbocycles. The summed E-state index contributed by atoms with van der Waals surface area (Å²) in [4.78, 5) is 17.4. The Labute approximate surface area is 56.3 Å². The highest BCUT2D eigenvalue weighted by atomic mass is 16.9. The summed E-state index contributed by atoms with van der Waals surface area (Å²) in [6.07, 6.45) is 0. The predicted octanol–water partition coefficient (Wildman–Crippen LogP) is -1.64. The summed E-state index contributed by atoms with van der Waals surface area (Å²) in [5.74, 6) is 0. The van der Waals surface area contributed by atoms with Crippen LogP contribution in [0.5, 0.6) is 0 Å². The lowest BCUT2D eigenvalue weighted by Gasteiger charge is -1.62. The first kappa shape index (κ1) is 23.8. The van der Waals surface area contributed by atoms with Crippen LogP contribution < -0.4 is 23.8 Å². The normalized spacial score (nSPS) is 4.80. The molecule has 0 atom stereocenters. The van der Waals surface area contributed by atoms with Crippen LogP contribution in [0, 0.1) is 10.1 Å². The zero-order valence-corrected chi connectivity index (χ0v) is 4.93. The van der Waals surface area contributed by atoms with Gasteiger partial charge in [-0.15, -0.1) is 10.1 Å². The summed E-state index contributed by atoms with van der Waals surface area (Å²) in [6, 6.07) is -0.833. The van der Waals surface area contributed by atoms with Crippen molar-refractivity contribution < 1.29 is 15.1 Å². The molecule has 61 valence electrons. The monoisotopic (exact) mass is 154 g/mol. The minimum Gasteiger partial charge on any atom is -0.352 e. The third-order valence-corrected chi connectivity index (χ3v) is 0. The van der Waals surface area contributed by atoms with Crippen LogP contribution in [-0.2, 0) is 0 Å². The van der Waals surface area contributed by atoms with Gasteiger partial charge in [0.25, 0.3) is 5.09 Å².